The summed E-state index contributed by atoms with van der Waals surface area (Å²) in [4.78, 5) is 0. The third kappa shape index (κ3) is 9.60. The molecular formula is C84H64O18. The van der Waals surface area contributed by atoms with Gasteiger partial charge in [0.1, 0.15) is 110 Å². The van der Waals surface area contributed by atoms with E-state index in [9.17, 15) is 81.7 Å². The van der Waals surface area contributed by atoms with Crippen LogP contribution in [0.4, 0.5) is 0 Å². The van der Waals surface area contributed by atoms with E-state index in [1.165, 1.54) is 121 Å². The Morgan fingerprint density at radius 3 is 1.03 bits per heavy atom. The highest BCUT2D eigenvalue weighted by Gasteiger charge is 2.60. The normalized spacial score (nSPS) is 21.9. The summed E-state index contributed by atoms with van der Waals surface area (Å²) in [5.41, 5.74) is 5.90. The molecule has 12 atom stereocenters. The van der Waals surface area contributed by atoms with E-state index in [0.29, 0.717) is 55.6 Å². The second-order valence-electron chi connectivity index (χ2n) is 27.5. The summed E-state index contributed by atoms with van der Waals surface area (Å²) in [6.07, 6.45) is -1.20. The monoisotopic (exact) mass is 1360 g/mol. The van der Waals surface area contributed by atoms with Gasteiger partial charge in [-0.05, 0) is 176 Å². The molecule has 4 aliphatic carbocycles. The number of phenols is 17. The molecule has 17 rings (SSSR count). The molecule has 0 spiro atoms. The summed E-state index contributed by atoms with van der Waals surface area (Å²) >= 11 is 0. The zero-order valence-electron chi connectivity index (χ0n) is 53.6. The van der Waals surface area contributed by atoms with Gasteiger partial charge in [-0.1, -0.05) is 72.8 Å². The van der Waals surface area contributed by atoms with Gasteiger partial charge in [0, 0.05) is 128 Å². The molecule has 0 radical (unpaired) electrons. The molecule has 18 nitrogen and oxygen atoms in total. The fourth-order valence-corrected chi connectivity index (χ4v) is 18.6. The van der Waals surface area contributed by atoms with E-state index in [1.807, 2.05) is 0 Å². The fourth-order valence-electron chi connectivity index (χ4n) is 18.6. The average molecular weight is 1360 g/mol. The van der Waals surface area contributed by atoms with Crippen molar-refractivity contribution in [3.63, 3.8) is 0 Å². The van der Waals surface area contributed by atoms with Crippen molar-refractivity contribution in [1.29, 1.82) is 0 Å². The predicted molar refractivity (Wildman–Crippen MR) is 373 cm³/mol. The van der Waals surface area contributed by atoms with Crippen LogP contribution in [0.5, 0.6) is 103 Å². The van der Waals surface area contributed by atoms with Crippen LogP contribution >= 0.6 is 0 Å². The van der Waals surface area contributed by atoms with Gasteiger partial charge in [-0.25, -0.2) is 0 Å². The Balaban J connectivity index is 1.08. The van der Waals surface area contributed by atoms with Gasteiger partial charge in [0.25, 0.3) is 0 Å². The number of benzene rings is 12. The van der Waals surface area contributed by atoms with Gasteiger partial charge in [-0.15, -0.1) is 0 Å². The van der Waals surface area contributed by atoms with Crippen LogP contribution in [-0.4, -0.2) is 86.8 Å². The van der Waals surface area contributed by atoms with Gasteiger partial charge in [0.2, 0.25) is 0 Å². The minimum absolute atomic E-state index is 0.0172. The molecule has 5 aliphatic rings. The zero-order chi connectivity index (χ0) is 70.7. The summed E-state index contributed by atoms with van der Waals surface area (Å²) < 4.78 is 7.75. The van der Waals surface area contributed by atoms with Crippen LogP contribution in [0.1, 0.15) is 177 Å². The first kappa shape index (κ1) is 62.6. The van der Waals surface area contributed by atoms with Crippen LogP contribution in [0.15, 0.2) is 212 Å². The summed E-state index contributed by atoms with van der Waals surface area (Å²) in [5, 5.41) is 206. The first-order valence-corrected chi connectivity index (χ1v) is 33.2. The number of phenolic OH excluding ortho intramolecular Hbond substituents is 17. The third-order valence-electron chi connectivity index (χ3n) is 22.0. The van der Waals surface area contributed by atoms with Crippen LogP contribution in [0.2, 0.25) is 0 Å². The Bertz CT molecular complexity index is 5370. The van der Waals surface area contributed by atoms with E-state index in [-0.39, 0.29) is 125 Å². The van der Waals surface area contributed by atoms with Crippen molar-refractivity contribution in [2.45, 2.75) is 71.2 Å². The van der Waals surface area contributed by atoms with Crippen molar-refractivity contribution < 1.29 is 91.5 Å². The Labute approximate surface area is 581 Å². The van der Waals surface area contributed by atoms with Crippen molar-refractivity contribution in [1.82, 2.24) is 0 Å². The summed E-state index contributed by atoms with van der Waals surface area (Å²) in [6.45, 7) is 0. The van der Waals surface area contributed by atoms with Crippen molar-refractivity contribution >= 4 is 0 Å². The molecule has 1 heterocycles. The average Bonchev–Trinajstić information content (AvgIpc) is 1.51. The number of hydrogen-bond acceptors (Lipinski definition) is 18. The summed E-state index contributed by atoms with van der Waals surface area (Å²) in [7, 11) is 0. The minimum Gasteiger partial charge on any atom is -0.508 e. The predicted octanol–water partition coefficient (Wildman–Crippen LogP) is 15.2. The lowest BCUT2D eigenvalue weighted by Gasteiger charge is -2.35. The Kier molecular flexibility index (Phi) is 14.1. The molecule has 12 aromatic rings. The molecule has 12 aromatic carbocycles. The lowest BCUT2D eigenvalue weighted by atomic mass is 9.68. The van der Waals surface area contributed by atoms with Gasteiger partial charge in [0.15, 0.2) is 0 Å². The van der Waals surface area contributed by atoms with Gasteiger partial charge in [-0.2, -0.15) is 0 Å². The highest BCUT2D eigenvalue weighted by Crippen LogP contribution is 2.75. The van der Waals surface area contributed by atoms with Gasteiger partial charge >= 0.3 is 0 Å². The van der Waals surface area contributed by atoms with E-state index in [1.54, 1.807) is 78.9 Å². The van der Waals surface area contributed by atoms with Gasteiger partial charge in [-0.3, -0.25) is 0 Å². The third-order valence-corrected chi connectivity index (χ3v) is 22.0. The van der Waals surface area contributed by atoms with E-state index < -0.39 is 99.9 Å². The molecule has 102 heavy (non-hydrogen) atoms. The Morgan fingerprint density at radius 1 is 0.235 bits per heavy atom. The van der Waals surface area contributed by atoms with Crippen molar-refractivity contribution in [2.75, 3.05) is 0 Å². The number of aromatic hydroxyl groups is 17. The summed E-state index contributed by atoms with van der Waals surface area (Å²) in [6, 6.07) is 52.5. The molecule has 17 N–H and O–H groups in total. The topological polar surface area (TPSA) is 353 Å². The largest absolute Gasteiger partial charge is 0.508 e. The molecule has 0 amide bonds. The second-order valence-corrected chi connectivity index (χ2v) is 27.5. The maximum atomic E-state index is 15.1. The van der Waals surface area contributed by atoms with Crippen LogP contribution in [-0.2, 0) is 0 Å². The standard InChI is InChI=1S/C84H64O18/c85-44-13-1-36(2-14-44)62-67(42-25-50(91)29-51(92)26-42)73-60(99)35-61(100)74-71(56-31-54(95)33-58(97)69(56)64(75(62)77(73)74)38-5-17-46(87)18-6-38)66(40-9-21-48(89)22-10-40)81-82(101)79-68(43-27-52(93)30-53(94)28-43)63(37-3-15-45(86)16-4-37)76-65(39-7-19-47(88)20-8-39)70-57(32-55(96)34-59(70)98)72-80(78(76)79)84(81)102-83(72)41-11-23-49(90)24-12-41/h1-35,62-68,71-72,75-76,83,85-101H/t62-,63+,64+,65+,66+,67-,68+,71+,72+,75+,76+,83-/m1/s1. The first-order valence-electron chi connectivity index (χ1n) is 33.2. The number of hydrogen-bond donors (Lipinski definition) is 17. The second kappa shape index (κ2) is 23.1. The van der Waals surface area contributed by atoms with E-state index in [4.69, 9.17) is 4.74 Å². The molecule has 0 saturated heterocycles. The lowest BCUT2D eigenvalue weighted by Crippen LogP contribution is -2.20. The van der Waals surface area contributed by atoms with Crippen molar-refractivity contribution in [3.8, 4) is 103 Å². The van der Waals surface area contributed by atoms with E-state index in [2.05, 4.69) is 0 Å². The number of fused-ring (bicyclic) bond motifs is 3. The van der Waals surface area contributed by atoms with Gasteiger partial charge < -0.3 is 91.5 Å². The molecule has 18 heteroatoms. The van der Waals surface area contributed by atoms with Crippen LogP contribution in [0, 0.1) is 0 Å². The Hall–Kier alpha value is -13.0. The molecular weight excluding hydrogens is 1300 g/mol. The molecule has 508 valence electrons. The highest BCUT2D eigenvalue weighted by molar-refractivity contribution is 5.79. The minimum atomic E-state index is -1.52. The number of ether oxygens (including phenoxy) is 1. The maximum absolute atomic E-state index is 15.1. The molecule has 0 saturated carbocycles. The maximum Gasteiger partial charge on any atom is 0.135 e. The Morgan fingerprint density at radius 2 is 0.578 bits per heavy atom. The van der Waals surface area contributed by atoms with Crippen LogP contribution in [0.3, 0.4) is 0 Å². The van der Waals surface area contributed by atoms with E-state index in [0.717, 1.165) is 12.1 Å². The highest BCUT2D eigenvalue weighted by atomic mass is 16.5. The van der Waals surface area contributed by atoms with Crippen molar-refractivity contribution in [3.05, 3.63) is 318 Å². The molecule has 0 aromatic heterocycles. The van der Waals surface area contributed by atoms with Gasteiger partial charge in [0.05, 0.1) is 5.92 Å². The molecule has 0 fully saturated rings. The van der Waals surface area contributed by atoms with Crippen LogP contribution in [0.25, 0.3) is 0 Å². The van der Waals surface area contributed by atoms with Crippen LogP contribution < -0.4 is 4.74 Å². The lowest BCUT2D eigenvalue weighted by molar-refractivity contribution is 0.218. The zero-order valence-corrected chi connectivity index (χ0v) is 53.6. The molecule has 1 aliphatic heterocycles. The molecule has 0 bridgehead atoms. The summed E-state index contributed by atoms with van der Waals surface area (Å²) in [5.74, 6) is -17.5. The van der Waals surface area contributed by atoms with E-state index >= 15 is 5.11 Å². The van der Waals surface area contributed by atoms with Crippen molar-refractivity contribution in [2.24, 2.45) is 0 Å². The smallest absolute Gasteiger partial charge is 0.135 e. The fraction of sp³-hybridized carbons (Fsp3) is 0.143. The quantitative estimate of drug-likeness (QED) is 0.0605. The SMILES string of the molecule is Oc1ccc([C@H](c2c(O)c3c4c5c2O[C@H](c2ccc(O)cc2)[C@H]5c2cc(O)cc(O)c2[C@H](c2ccc(O)cc2)[C@@H]4[C@@H](c2ccc(O)cc2)[C@@H]3c2cc(O)cc(O)c2)[C@@H]2c3cc(O)cc(O)c3[C@H](c3ccc(O)cc3)[C@H]3c4c2c(O)cc(O)c4[C@H](c2cc(O)cc(O)c2)[C@H]3c2ccc(O)cc2)cc1. The number of rotatable bonds is 10. The molecule has 0 unspecified atom stereocenters. The first-order chi connectivity index (χ1) is 49.1.